The largest absolute Gasteiger partial charge is 0.398 e. The predicted octanol–water partition coefficient (Wildman–Crippen LogP) is 1.31. The lowest BCUT2D eigenvalue weighted by molar-refractivity contribution is -0.0311. The molecule has 3 rings (SSSR count). The molecule has 0 amide bonds. The van der Waals surface area contributed by atoms with Crippen LogP contribution in [-0.2, 0) is 4.74 Å². The Balaban J connectivity index is 1.91. The fourth-order valence-electron chi connectivity index (χ4n) is 3.79. The average molecular weight is 276 g/mol. The standard InChI is InChI=1S/C15H24N4O/c16-13-3-6-18-11-12(13)14(17)15(4-1-2-5-15)19-7-9-20-10-8-19/h3,6,11,14H,1-2,4-5,7-10,17H2,(H2,16,18). The maximum atomic E-state index is 6.66. The van der Waals surface area contributed by atoms with Crippen LogP contribution < -0.4 is 11.5 Å². The zero-order chi connectivity index (χ0) is 14.0. The van der Waals surface area contributed by atoms with E-state index in [0.717, 1.165) is 50.4 Å². The van der Waals surface area contributed by atoms with E-state index in [-0.39, 0.29) is 11.6 Å². The van der Waals surface area contributed by atoms with Crippen LogP contribution in [0.4, 0.5) is 5.69 Å². The van der Waals surface area contributed by atoms with E-state index in [4.69, 9.17) is 16.2 Å². The molecule has 2 fully saturated rings. The van der Waals surface area contributed by atoms with Crippen LogP contribution in [-0.4, -0.2) is 41.7 Å². The molecule has 2 heterocycles. The van der Waals surface area contributed by atoms with Gasteiger partial charge in [0, 0.05) is 42.3 Å². The van der Waals surface area contributed by atoms with E-state index >= 15 is 0 Å². The van der Waals surface area contributed by atoms with Gasteiger partial charge in [0.05, 0.1) is 19.3 Å². The first-order chi connectivity index (χ1) is 9.74. The van der Waals surface area contributed by atoms with Gasteiger partial charge in [0.15, 0.2) is 0 Å². The summed E-state index contributed by atoms with van der Waals surface area (Å²) >= 11 is 0. The second kappa shape index (κ2) is 5.68. The number of nitrogens with zero attached hydrogens (tertiary/aromatic N) is 2. The molecular weight excluding hydrogens is 252 g/mol. The van der Waals surface area contributed by atoms with E-state index in [2.05, 4.69) is 9.88 Å². The molecule has 1 aromatic rings. The number of morpholine rings is 1. The van der Waals surface area contributed by atoms with Crippen LogP contribution in [0, 0.1) is 0 Å². The second-order valence-corrected chi connectivity index (χ2v) is 5.89. The first kappa shape index (κ1) is 13.8. The molecule has 1 saturated carbocycles. The summed E-state index contributed by atoms with van der Waals surface area (Å²) in [6.45, 7) is 3.54. The van der Waals surface area contributed by atoms with Crippen LogP contribution in [0.15, 0.2) is 18.5 Å². The highest BCUT2D eigenvalue weighted by atomic mass is 16.5. The number of aromatic nitrogens is 1. The van der Waals surface area contributed by atoms with Crippen molar-refractivity contribution in [3.63, 3.8) is 0 Å². The minimum absolute atomic E-state index is 0.0287. The van der Waals surface area contributed by atoms with Gasteiger partial charge in [-0.3, -0.25) is 9.88 Å². The molecule has 0 radical (unpaired) electrons. The van der Waals surface area contributed by atoms with Crippen molar-refractivity contribution in [2.75, 3.05) is 32.0 Å². The fraction of sp³-hybridized carbons (Fsp3) is 0.667. The van der Waals surface area contributed by atoms with E-state index < -0.39 is 0 Å². The van der Waals surface area contributed by atoms with Gasteiger partial charge in [-0.2, -0.15) is 0 Å². The van der Waals surface area contributed by atoms with Crippen molar-refractivity contribution in [2.24, 2.45) is 5.73 Å². The molecule has 1 atom stereocenters. The maximum absolute atomic E-state index is 6.66. The Morgan fingerprint density at radius 1 is 1.25 bits per heavy atom. The molecule has 1 unspecified atom stereocenters. The van der Waals surface area contributed by atoms with Crippen molar-refractivity contribution in [2.45, 2.75) is 37.3 Å². The first-order valence-corrected chi connectivity index (χ1v) is 7.52. The summed E-state index contributed by atoms with van der Waals surface area (Å²) in [4.78, 5) is 6.74. The number of nitrogens with two attached hydrogens (primary N) is 2. The van der Waals surface area contributed by atoms with Gasteiger partial charge < -0.3 is 16.2 Å². The number of rotatable bonds is 3. The van der Waals surface area contributed by atoms with Gasteiger partial charge in [0.2, 0.25) is 0 Å². The Kier molecular flexibility index (Phi) is 3.92. The van der Waals surface area contributed by atoms with Crippen LogP contribution >= 0.6 is 0 Å². The zero-order valence-corrected chi connectivity index (χ0v) is 11.9. The maximum Gasteiger partial charge on any atom is 0.0594 e. The van der Waals surface area contributed by atoms with Crippen molar-refractivity contribution >= 4 is 5.69 Å². The molecule has 1 aliphatic heterocycles. The van der Waals surface area contributed by atoms with Gasteiger partial charge in [0.1, 0.15) is 0 Å². The topological polar surface area (TPSA) is 77.4 Å². The molecular formula is C15H24N4O. The van der Waals surface area contributed by atoms with E-state index in [1.807, 2.05) is 12.3 Å². The van der Waals surface area contributed by atoms with Crippen LogP contribution in [0.2, 0.25) is 0 Å². The number of hydrogen-bond acceptors (Lipinski definition) is 5. The van der Waals surface area contributed by atoms with Gasteiger partial charge >= 0.3 is 0 Å². The molecule has 4 N–H and O–H groups in total. The third kappa shape index (κ3) is 2.30. The summed E-state index contributed by atoms with van der Waals surface area (Å²) in [6.07, 6.45) is 8.32. The SMILES string of the molecule is Nc1ccncc1C(N)C1(N2CCOCC2)CCCC1. The fourth-order valence-corrected chi connectivity index (χ4v) is 3.79. The van der Waals surface area contributed by atoms with E-state index in [1.54, 1.807) is 6.20 Å². The van der Waals surface area contributed by atoms with E-state index in [0.29, 0.717) is 0 Å². The highest BCUT2D eigenvalue weighted by Crippen LogP contribution is 2.44. The van der Waals surface area contributed by atoms with E-state index in [1.165, 1.54) is 12.8 Å². The predicted molar refractivity (Wildman–Crippen MR) is 79.2 cm³/mol. The first-order valence-electron chi connectivity index (χ1n) is 7.52. The minimum Gasteiger partial charge on any atom is -0.398 e. The molecule has 0 aromatic carbocycles. The van der Waals surface area contributed by atoms with Crippen LogP contribution in [0.5, 0.6) is 0 Å². The Morgan fingerprint density at radius 2 is 1.95 bits per heavy atom. The van der Waals surface area contributed by atoms with Gasteiger partial charge in [-0.15, -0.1) is 0 Å². The summed E-state index contributed by atoms with van der Waals surface area (Å²) < 4.78 is 5.49. The van der Waals surface area contributed by atoms with Crippen molar-refractivity contribution in [3.05, 3.63) is 24.0 Å². The molecule has 1 saturated heterocycles. The summed E-state index contributed by atoms with van der Waals surface area (Å²) in [5, 5.41) is 0. The number of nitrogen functional groups attached to an aromatic ring is 1. The second-order valence-electron chi connectivity index (χ2n) is 5.89. The lowest BCUT2D eigenvalue weighted by atomic mass is 9.82. The van der Waals surface area contributed by atoms with Crippen LogP contribution in [0.3, 0.4) is 0 Å². The molecule has 20 heavy (non-hydrogen) atoms. The Morgan fingerprint density at radius 3 is 2.60 bits per heavy atom. The molecule has 1 aliphatic carbocycles. The van der Waals surface area contributed by atoms with Crippen LogP contribution in [0.1, 0.15) is 37.3 Å². The Labute approximate surface area is 120 Å². The lowest BCUT2D eigenvalue weighted by Crippen LogP contribution is -2.57. The molecule has 2 aliphatic rings. The number of hydrogen-bond donors (Lipinski definition) is 2. The molecule has 110 valence electrons. The summed E-state index contributed by atoms with van der Waals surface area (Å²) in [6, 6.07) is 1.77. The molecule has 0 bridgehead atoms. The number of pyridine rings is 1. The number of anilines is 1. The normalized spacial score (nSPS) is 24.6. The quantitative estimate of drug-likeness (QED) is 0.870. The van der Waals surface area contributed by atoms with Gasteiger partial charge in [-0.25, -0.2) is 0 Å². The highest BCUT2D eigenvalue weighted by Gasteiger charge is 2.45. The Hall–Kier alpha value is -1.17. The van der Waals surface area contributed by atoms with Gasteiger partial charge in [-0.1, -0.05) is 12.8 Å². The smallest absolute Gasteiger partial charge is 0.0594 e. The van der Waals surface area contributed by atoms with Gasteiger partial charge in [0.25, 0.3) is 0 Å². The molecule has 5 nitrogen and oxygen atoms in total. The lowest BCUT2D eigenvalue weighted by Gasteiger charge is -2.47. The molecule has 0 spiro atoms. The third-order valence-electron chi connectivity index (χ3n) is 4.91. The summed E-state index contributed by atoms with van der Waals surface area (Å²) in [7, 11) is 0. The average Bonchev–Trinajstić information content (AvgIpc) is 2.99. The van der Waals surface area contributed by atoms with Crippen molar-refractivity contribution < 1.29 is 4.74 Å². The molecule has 1 aromatic heterocycles. The van der Waals surface area contributed by atoms with Crippen LogP contribution in [0.25, 0.3) is 0 Å². The van der Waals surface area contributed by atoms with Crippen molar-refractivity contribution in [1.29, 1.82) is 0 Å². The third-order valence-corrected chi connectivity index (χ3v) is 4.91. The summed E-state index contributed by atoms with van der Waals surface area (Å²) in [5.74, 6) is 0. The molecule has 5 heteroatoms. The highest BCUT2D eigenvalue weighted by molar-refractivity contribution is 5.47. The number of ether oxygens (including phenoxy) is 1. The van der Waals surface area contributed by atoms with Crippen molar-refractivity contribution in [1.82, 2.24) is 9.88 Å². The van der Waals surface area contributed by atoms with Gasteiger partial charge in [-0.05, 0) is 18.9 Å². The summed E-state index contributed by atoms with van der Waals surface area (Å²) in [5.41, 5.74) is 14.6. The van der Waals surface area contributed by atoms with E-state index in [9.17, 15) is 0 Å². The zero-order valence-electron chi connectivity index (χ0n) is 11.9. The van der Waals surface area contributed by atoms with Crippen molar-refractivity contribution in [3.8, 4) is 0 Å². The minimum atomic E-state index is -0.0724. The monoisotopic (exact) mass is 276 g/mol. The Bertz CT molecular complexity index is 453.